The van der Waals surface area contributed by atoms with Gasteiger partial charge in [-0.25, -0.2) is 4.79 Å². The Hall–Kier alpha value is -2.57. The van der Waals surface area contributed by atoms with Crippen LogP contribution in [0.5, 0.6) is 0 Å². The molecular formula is C18H27N3O4. The molecule has 0 saturated carbocycles. The molecule has 0 heterocycles. The van der Waals surface area contributed by atoms with Gasteiger partial charge >= 0.3 is 6.09 Å². The second-order valence-electron chi connectivity index (χ2n) is 6.85. The first-order valence-electron chi connectivity index (χ1n) is 8.06. The number of hydrazine groups is 1. The predicted molar refractivity (Wildman–Crippen MR) is 94.5 cm³/mol. The standard InChI is InChI=1S/C18H27N3O4/c1-13(22)21(6)19-16(23)15(12-14-10-8-7-9-11-14)20(5)17(24)25-18(2,3)4/h7-11,15H,12H2,1-6H3,(H,19,23)/t15-/m1/s1. The highest BCUT2D eigenvalue weighted by atomic mass is 16.6. The molecule has 0 radical (unpaired) electrons. The number of hydrogen-bond donors (Lipinski definition) is 1. The van der Waals surface area contributed by atoms with Crippen LogP contribution in [0.4, 0.5) is 4.79 Å². The monoisotopic (exact) mass is 349 g/mol. The third-order valence-corrected chi connectivity index (χ3v) is 3.47. The number of ether oxygens (including phenoxy) is 1. The smallest absolute Gasteiger partial charge is 0.410 e. The molecule has 1 atom stereocenters. The zero-order valence-corrected chi connectivity index (χ0v) is 15.7. The molecule has 7 heteroatoms. The minimum Gasteiger partial charge on any atom is -0.444 e. The fraction of sp³-hybridized carbons (Fsp3) is 0.500. The van der Waals surface area contributed by atoms with E-state index < -0.39 is 23.6 Å². The van der Waals surface area contributed by atoms with Gasteiger partial charge in [-0.05, 0) is 26.3 Å². The normalized spacial score (nSPS) is 12.1. The number of nitrogens with one attached hydrogen (secondary N) is 1. The summed E-state index contributed by atoms with van der Waals surface area (Å²) >= 11 is 0. The fourth-order valence-corrected chi connectivity index (χ4v) is 2.02. The molecule has 1 aromatic rings. The first-order valence-corrected chi connectivity index (χ1v) is 8.06. The van der Waals surface area contributed by atoms with E-state index in [9.17, 15) is 14.4 Å². The molecule has 0 bridgehead atoms. The molecule has 0 unspecified atom stereocenters. The summed E-state index contributed by atoms with van der Waals surface area (Å²) in [5.74, 6) is -0.776. The third-order valence-electron chi connectivity index (χ3n) is 3.47. The molecule has 3 amide bonds. The second kappa shape index (κ2) is 8.50. The maximum atomic E-state index is 12.6. The molecule has 1 rings (SSSR count). The maximum absolute atomic E-state index is 12.6. The SMILES string of the molecule is CC(=O)N(C)NC(=O)[C@@H](Cc1ccccc1)N(C)C(=O)OC(C)(C)C. The van der Waals surface area contributed by atoms with Crippen molar-refractivity contribution in [1.82, 2.24) is 15.3 Å². The Morgan fingerprint density at radius 1 is 1.12 bits per heavy atom. The fourth-order valence-electron chi connectivity index (χ4n) is 2.02. The van der Waals surface area contributed by atoms with Crippen molar-refractivity contribution in [3.63, 3.8) is 0 Å². The Balaban J connectivity index is 2.99. The van der Waals surface area contributed by atoms with E-state index in [-0.39, 0.29) is 5.91 Å². The molecule has 25 heavy (non-hydrogen) atoms. The summed E-state index contributed by atoms with van der Waals surface area (Å²) in [5.41, 5.74) is 2.71. The molecule has 0 aliphatic heterocycles. The topological polar surface area (TPSA) is 79.0 Å². The van der Waals surface area contributed by atoms with Gasteiger partial charge < -0.3 is 4.74 Å². The Labute approximate surface area is 148 Å². The van der Waals surface area contributed by atoms with Crippen LogP contribution in [0.3, 0.4) is 0 Å². The van der Waals surface area contributed by atoms with Crippen molar-refractivity contribution in [2.45, 2.75) is 45.8 Å². The van der Waals surface area contributed by atoms with Gasteiger partial charge in [0.2, 0.25) is 5.91 Å². The number of nitrogens with zero attached hydrogens (tertiary/aromatic N) is 2. The van der Waals surface area contributed by atoms with E-state index in [1.807, 2.05) is 30.3 Å². The van der Waals surface area contributed by atoms with Gasteiger partial charge in [-0.15, -0.1) is 0 Å². The summed E-state index contributed by atoms with van der Waals surface area (Å²) in [5, 5.41) is 1.09. The summed E-state index contributed by atoms with van der Waals surface area (Å²) < 4.78 is 5.35. The summed E-state index contributed by atoms with van der Waals surface area (Å²) in [6, 6.07) is 8.52. The number of carbonyl (C=O) groups is 3. The van der Waals surface area contributed by atoms with Crippen molar-refractivity contribution in [2.24, 2.45) is 0 Å². The first kappa shape index (κ1) is 20.5. The van der Waals surface area contributed by atoms with Crippen LogP contribution in [0.1, 0.15) is 33.3 Å². The van der Waals surface area contributed by atoms with Gasteiger partial charge in [-0.1, -0.05) is 30.3 Å². The molecule has 7 nitrogen and oxygen atoms in total. The van der Waals surface area contributed by atoms with Crippen molar-refractivity contribution >= 4 is 17.9 Å². The summed E-state index contributed by atoms with van der Waals surface area (Å²) in [4.78, 5) is 37.6. The minimum atomic E-state index is -0.820. The second-order valence-corrected chi connectivity index (χ2v) is 6.85. The van der Waals surface area contributed by atoms with E-state index >= 15 is 0 Å². The van der Waals surface area contributed by atoms with Gasteiger partial charge in [0.05, 0.1) is 0 Å². The van der Waals surface area contributed by atoms with Crippen LogP contribution in [0, 0.1) is 0 Å². The van der Waals surface area contributed by atoms with Crippen LogP contribution < -0.4 is 5.43 Å². The van der Waals surface area contributed by atoms with Crippen molar-refractivity contribution in [3.05, 3.63) is 35.9 Å². The Morgan fingerprint density at radius 2 is 1.68 bits per heavy atom. The lowest BCUT2D eigenvalue weighted by atomic mass is 10.0. The predicted octanol–water partition coefficient (Wildman–Crippen LogP) is 1.97. The van der Waals surface area contributed by atoms with Gasteiger partial charge in [0.1, 0.15) is 11.6 Å². The number of hydrogen-bond acceptors (Lipinski definition) is 4. The Bertz CT molecular complexity index is 610. The van der Waals surface area contributed by atoms with E-state index in [2.05, 4.69) is 5.43 Å². The lowest BCUT2D eigenvalue weighted by molar-refractivity contribution is -0.140. The average Bonchev–Trinajstić information content (AvgIpc) is 2.51. The molecule has 0 saturated heterocycles. The van der Waals surface area contributed by atoms with E-state index in [1.165, 1.54) is 25.9 Å². The van der Waals surface area contributed by atoms with E-state index in [4.69, 9.17) is 4.74 Å². The number of amides is 3. The zero-order chi connectivity index (χ0) is 19.2. The molecule has 1 N–H and O–H groups in total. The summed E-state index contributed by atoms with van der Waals surface area (Å²) in [6.07, 6.45) is -0.303. The molecule has 1 aromatic carbocycles. The van der Waals surface area contributed by atoms with Crippen molar-refractivity contribution in [1.29, 1.82) is 0 Å². The van der Waals surface area contributed by atoms with Crippen molar-refractivity contribution in [2.75, 3.05) is 14.1 Å². The van der Waals surface area contributed by atoms with Crippen molar-refractivity contribution < 1.29 is 19.1 Å². The van der Waals surface area contributed by atoms with Gasteiger partial charge in [0.25, 0.3) is 5.91 Å². The first-order chi connectivity index (χ1) is 11.5. The van der Waals surface area contributed by atoms with Gasteiger partial charge in [-0.3, -0.25) is 24.9 Å². The van der Waals surface area contributed by atoms with E-state index in [1.54, 1.807) is 20.8 Å². The highest BCUT2D eigenvalue weighted by Gasteiger charge is 2.31. The van der Waals surface area contributed by atoms with Gasteiger partial charge in [0.15, 0.2) is 0 Å². The van der Waals surface area contributed by atoms with Crippen LogP contribution in [-0.2, 0) is 20.7 Å². The largest absolute Gasteiger partial charge is 0.444 e. The molecule has 0 aromatic heterocycles. The van der Waals surface area contributed by atoms with Crippen LogP contribution in [0.2, 0.25) is 0 Å². The highest BCUT2D eigenvalue weighted by Crippen LogP contribution is 2.14. The van der Waals surface area contributed by atoms with Crippen LogP contribution in [0.15, 0.2) is 30.3 Å². The minimum absolute atomic E-state index is 0.300. The van der Waals surface area contributed by atoms with Gasteiger partial charge in [0, 0.05) is 27.4 Å². The quantitative estimate of drug-likeness (QED) is 0.843. The van der Waals surface area contributed by atoms with E-state index in [0.717, 1.165) is 10.6 Å². The summed E-state index contributed by atoms with van der Waals surface area (Å²) in [6.45, 7) is 6.61. The third kappa shape index (κ3) is 6.82. The van der Waals surface area contributed by atoms with Crippen LogP contribution in [-0.4, -0.2) is 53.6 Å². The van der Waals surface area contributed by atoms with E-state index in [0.29, 0.717) is 6.42 Å². The van der Waals surface area contributed by atoms with Crippen LogP contribution in [0.25, 0.3) is 0 Å². The number of rotatable bonds is 4. The molecule has 0 fully saturated rings. The maximum Gasteiger partial charge on any atom is 0.410 e. The van der Waals surface area contributed by atoms with Crippen molar-refractivity contribution in [3.8, 4) is 0 Å². The molecule has 138 valence electrons. The molecule has 0 aliphatic rings. The number of likely N-dealkylation sites (N-methyl/N-ethyl adjacent to an activating group) is 1. The average molecular weight is 349 g/mol. The lowest BCUT2D eigenvalue weighted by Gasteiger charge is -2.31. The zero-order valence-electron chi connectivity index (χ0n) is 15.7. The molecule has 0 spiro atoms. The van der Waals surface area contributed by atoms with Crippen LogP contribution >= 0.6 is 0 Å². The molecule has 0 aliphatic carbocycles. The van der Waals surface area contributed by atoms with Gasteiger partial charge in [-0.2, -0.15) is 0 Å². The number of benzene rings is 1. The summed E-state index contributed by atoms with van der Waals surface area (Å²) in [7, 11) is 2.96. The molecular weight excluding hydrogens is 322 g/mol. The highest BCUT2D eigenvalue weighted by molar-refractivity contribution is 5.87. The Morgan fingerprint density at radius 3 is 2.16 bits per heavy atom. The Kier molecular flexibility index (Phi) is 6.97. The lowest BCUT2D eigenvalue weighted by Crippen LogP contribution is -2.54. The number of carbonyl (C=O) groups excluding carboxylic acids is 3.